The highest BCUT2D eigenvalue weighted by atomic mass is 16.5. The number of benzene rings is 1. The van der Waals surface area contributed by atoms with Crippen LogP contribution < -0.4 is 4.74 Å². The summed E-state index contributed by atoms with van der Waals surface area (Å²) >= 11 is 0. The molecule has 1 aromatic carbocycles. The van der Waals surface area contributed by atoms with Crippen molar-refractivity contribution >= 4 is 0 Å². The summed E-state index contributed by atoms with van der Waals surface area (Å²) < 4.78 is 12.9. The van der Waals surface area contributed by atoms with Crippen molar-refractivity contribution in [3.63, 3.8) is 0 Å². The zero-order valence-electron chi connectivity index (χ0n) is 14.1. The van der Waals surface area contributed by atoms with E-state index in [1.54, 1.807) is 19.8 Å². The van der Waals surface area contributed by atoms with E-state index in [9.17, 15) is 0 Å². The molecule has 130 valence electrons. The number of aromatic nitrogens is 5. The first kappa shape index (κ1) is 15.8. The average molecular weight is 340 g/mol. The van der Waals surface area contributed by atoms with Gasteiger partial charge >= 0.3 is 0 Å². The van der Waals surface area contributed by atoms with E-state index in [1.165, 1.54) is 6.42 Å². The quantitative estimate of drug-likeness (QED) is 0.679. The average Bonchev–Trinajstić information content (AvgIpc) is 3.39. The van der Waals surface area contributed by atoms with Gasteiger partial charge in [-0.15, -0.1) is 10.2 Å². The summed E-state index contributed by atoms with van der Waals surface area (Å²) in [6, 6.07) is 8.01. The van der Waals surface area contributed by atoms with Crippen molar-refractivity contribution in [3.8, 4) is 17.2 Å². The monoisotopic (exact) mass is 340 g/mol. The Kier molecular flexibility index (Phi) is 4.43. The van der Waals surface area contributed by atoms with Crippen LogP contribution in [-0.4, -0.2) is 49.6 Å². The Labute approximate surface area is 145 Å². The van der Waals surface area contributed by atoms with Crippen LogP contribution in [0.4, 0.5) is 0 Å². The van der Waals surface area contributed by atoms with E-state index in [4.69, 9.17) is 9.15 Å². The maximum Gasteiger partial charge on any atom is 0.247 e. The van der Waals surface area contributed by atoms with Crippen LogP contribution >= 0.6 is 0 Å². The van der Waals surface area contributed by atoms with Crippen LogP contribution in [0.5, 0.6) is 5.75 Å². The predicted octanol–water partition coefficient (Wildman–Crippen LogP) is 2.00. The summed E-state index contributed by atoms with van der Waals surface area (Å²) in [5.41, 5.74) is 0.889. The number of rotatable bonds is 6. The first-order valence-electron chi connectivity index (χ1n) is 8.35. The molecule has 4 rings (SSSR count). The molecule has 1 aliphatic rings. The minimum Gasteiger partial charge on any atom is -0.497 e. The lowest BCUT2D eigenvalue weighted by molar-refractivity contribution is 0.200. The van der Waals surface area contributed by atoms with Gasteiger partial charge < -0.3 is 9.15 Å². The third kappa shape index (κ3) is 3.53. The third-order valence-corrected chi connectivity index (χ3v) is 4.51. The van der Waals surface area contributed by atoms with Crippen LogP contribution in [-0.2, 0) is 13.1 Å². The number of likely N-dealkylation sites (tertiary alicyclic amines) is 1. The van der Waals surface area contributed by atoms with Crippen molar-refractivity contribution < 1.29 is 9.15 Å². The lowest BCUT2D eigenvalue weighted by Crippen LogP contribution is -2.32. The Bertz CT molecular complexity index is 799. The van der Waals surface area contributed by atoms with Gasteiger partial charge in [0, 0.05) is 11.6 Å². The molecule has 0 saturated carbocycles. The molecule has 2 aromatic heterocycles. The molecule has 1 atom stereocenters. The van der Waals surface area contributed by atoms with Crippen molar-refractivity contribution in [2.24, 2.45) is 0 Å². The van der Waals surface area contributed by atoms with Crippen LogP contribution in [0.25, 0.3) is 11.5 Å². The van der Waals surface area contributed by atoms with Gasteiger partial charge in [0.05, 0.1) is 20.2 Å². The molecule has 1 fully saturated rings. The van der Waals surface area contributed by atoms with Gasteiger partial charge in [-0.1, -0.05) is 0 Å². The highest BCUT2D eigenvalue weighted by Crippen LogP contribution is 2.24. The molecule has 0 radical (unpaired) electrons. The molecule has 0 N–H and O–H groups in total. The summed E-state index contributed by atoms with van der Waals surface area (Å²) in [7, 11) is 1.64. The number of ether oxygens (including phenoxy) is 1. The first-order chi connectivity index (χ1) is 12.3. The van der Waals surface area contributed by atoms with Gasteiger partial charge in [0.2, 0.25) is 11.8 Å². The fraction of sp³-hybridized carbons (Fsp3) is 0.412. The Morgan fingerprint density at radius 2 is 2.12 bits per heavy atom. The summed E-state index contributed by atoms with van der Waals surface area (Å²) in [4.78, 5) is 6.37. The van der Waals surface area contributed by atoms with Crippen molar-refractivity contribution in [2.75, 3.05) is 13.7 Å². The number of hydrogen-bond donors (Lipinski definition) is 0. The van der Waals surface area contributed by atoms with E-state index in [2.05, 4.69) is 25.2 Å². The molecule has 0 aliphatic carbocycles. The predicted molar refractivity (Wildman–Crippen MR) is 89.7 cm³/mol. The Balaban J connectivity index is 1.43. The van der Waals surface area contributed by atoms with Gasteiger partial charge in [-0.25, -0.2) is 4.98 Å². The molecule has 25 heavy (non-hydrogen) atoms. The fourth-order valence-corrected chi connectivity index (χ4v) is 3.19. The fourth-order valence-electron chi connectivity index (χ4n) is 3.19. The van der Waals surface area contributed by atoms with Gasteiger partial charge in [-0.05, 0) is 43.7 Å². The van der Waals surface area contributed by atoms with E-state index in [-0.39, 0.29) is 0 Å². The van der Waals surface area contributed by atoms with Crippen LogP contribution in [0, 0.1) is 0 Å². The maximum atomic E-state index is 5.85. The molecule has 0 amide bonds. The molecule has 0 spiro atoms. The maximum absolute atomic E-state index is 5.85. The molecule has 3 aromatic rings. The third-order valence-electron chi connectivity index (χ3n) is 4.51. The second-order valence-corrected chi connectivity index (χ2v) is 6.11. The highest BCUT2D eigenvalue weighted by Gasteiger charge is 2.26. The van der Waals surface area contributed by atoms with Crippen LogP contribution in [0.3, 0.4) is 0 Å². The largest absolute Gasteiger partial charge is 0.497 e. The van der Waals surface area contributed by atoms with Gasteiger partial charge in [-0.3, -0.25) is 9.58 Å². The summed E-state index contributed by atoms with van der Waals surface area (Å²) in [6.07, 6.45) is 5.63. The second kappa shape index (κ2) is 7.02. The van der Waals surface area contributed by atoms with Crippen LogP contribution in [0.1, 0.15) is 18.7 Å². The van der Waals surface area contributed by atoms with Gasteiger partial charge in [0.15, 0.2) is 0 Å². The minimum absolute atomic E-state index is 0.415. The number of hydrogen-bond acceptors (Lipinski definition) is 7. The van der Waals surface area contributed by atoms with E-state index in [0.717, 1.165) is 30.8 Å². The highest BCUT2D eigenvalue weighted by molar-refractivity contribution is 5.53. The van der Waals surface area contributed by atoms with Crippen molar-refractivity contribution in [3.05, 3.63) is 42.8 Å². The van der Waals surface area contributed by atoms with E-state index < -0.39 is 0 Å². The zero-order valence-corrected chi connectivity index (χ0v) is 14.1. The lowest BCUT2D eigenvalue weighted by Gasteiger charge is -2.22. The van der Waals surface area contributed by atoms with Gasteiger partial charge in [-0.2, -0.15) is 5.10 Å². The van der Waals surface area contributed by atoms with E-state index in [1.807, 2.05) is 28.9 Å². The van der Waals surface area contributed by atoms with Crippen molar-refractivity contribution in [1.82, 2.24) is 29.9 Å². The minimum atomic E-state index is 0.415. The van der Waals surface area contributed by atoms with Crippen LogP contribution in [0.2, 0.25) is 0 Å². The number of nitrogens with zero attached hydrogens (tertiary/aromatic N) is 6. The van der Waals surface area contributed by atoms with Crippen molar-refractivity contribution in [2.45, 2.75) is 32.0 Å². The Morgan fingerprint density at radius 3 is 2.88 bits per heavy atom. The smallest absolute Gasteiger partial charge is 0.247 e. The molecule has 0 unspecified atom stereocenters. The summed E-state index contributed by atoms with van der Waals surface area (Å²) in [5, 5.41) is 12.6. The van der Waals surface area contributed by atoms with E-state index in [0.29, 0.717) is 24.4 Å². The molecule has 3 heterocycles. The molecular weight excluding hydrogens is 320 g/mol. The lowest BCUT2D eigenvalue weighted by atomic mass is 10.2. The van der Waals surface area contributed by atoms with Gasteiger partial charge in [0.25, 0.3) is 0 Å². The Hall–Kier alpha value is -2.74. The SMILES string of the molecule is COc1ccc(-c2nnc(CN3CCC[C@@H]3Cn3cncn3)o2)cc1. The van der Waals surface area contributed by atoms with Crippen molar-refractivity contribution in [1.29, 1.82) is 0 Å². The molecule has 8 heteroatoms. The van der Waals surface area contributed by atoms with Gasteiger partial charge in [0.1, 0.15) is 18.4 Å². The van der Waals surface area contributed by atoms with E-state index >= 15 is 0 Å². The molecule has 0 bridgehead atoms. The molecule has 1 saturated heterocycles. The zero-order chi connectivity index (χ0) is 17.1. The second-order valence-electron chi connectivity index (χ2n) is 6.11. The summed E-state index contributed by atoms with van der Waals surface area (Å²) in [5.74, 6) is 1.97. The first-order valence-corrected chi connectivity index (χ1v) is 8.35. The summed E-state index contributed by atoms with van der Waals surface area (Å²) in [6.45, 7) is 2.52. The normalized spacial score (nSPS) is 17.9. The molecule has 1 aliphatic heterocycles. The standard InChI is InChI=1S/C17H20N6O2/c1-24-15-6-4-13(5-7-15)17-21-20-16(25-17)10-22-8-2-3-14(22)9-23-12-18-11-19-23/h4-7,11-12,14H,2-3,8-10H2,1H3/t14-/m1/s1. The van der Waals surface area contributed by atoms with Crippen LogP contribution in [0.15, 0.2) is 41.3 Å². The number of methoxy groups -OCH3 is 1. The Morgan fingerprint density at radius 1 is 1.24 bits per heavy atom. The molecular formula is C17H20N6O2. The topological polar surface area (TPSA) is 82.1 Å². The molecule has 8 nitrogen and oxygen atoms in total.